The van der Waals surface area contributed by atoms with Gasteiger partial charge in [-0.2, -0.15) is 5.26 Å². The first-order valence-electron chi connectivity index (χ1n) is 7.14. The standard InChI is InChI=1S/C16H19ClN2O2/c1-11-4-6-16(7-5-11,15(20)21)10-19-14-3-2-12(9-18)8-13(14)17/h2-3,8,11,19H,4-7,10H2,1H3,(H,20,21). The quantitative estimate of drug-likeness (QED) is 0.884. The van der Waals surface area contributed by atoms with Crippen molar-refractivity contribution in [1.82, 2.24) is 0 Å². The van der Waals surface area contributed by atoms with E-state index in [0.717, 1.165) is 12.8 Å². The first-order valence-corrected chi connectivity index (χ1v) is 7.51. The summed E-state index contributed by atoms with van der Waals surface area (Å²) in [5.74, 6) is -0.150. The lowest BCUT2D eigenvalue weighted by Crippen LogP contribution is -2.41. The number of carboxylic acid groups (broad SMARTS) is 1. The van der Waals surface area contributed by atoms with Crippen molar-refractivity contribution >= 4 is 23.3 Å². The van der Waals surface area contributed by atoms with Crippen molar-refractivity contribution in [3.05, 3.63) is 28.8 Å². The minimum absolute atomic E-state index is 0.362. The molecule has 0 bridgehead atoms. The Hall–Kier alpha value is -1.73. The smallest absolute Gasteiger partial charge is 0.311 e. The van der Waals surface area contributed by atoms with Crippen molar-refractivity contribution < 1.29 is 9.90 Å². The maximum Gasteiger partial charge on any atom is 0.311 e. The molecule has 0 aromatic heterocycles. The van der Waals surface area contributed by atoms with E-state index < -0.39 is 11.4 Å². The molecule has 1 saturated carbocycles. The zero-order valence-electron chi connectivity index (χ0n) is 12.0. The van der Waals surface area contributed by atoms with Crippen LogP contribution < -0.4 is 5.32 Å². The van der Waals surface area contributed by atoms with E-state index in [-0.39, 0.29) is 0 Å². The Balaban J connectivity index is 2.09. The van der Waals surface area contributed by atoms with Crippen LogP contribution in [0.4, 0.5) is 5.69 Å². The summed E-state index contributed by atoms with van der Waals surface area (Å²) in [7, 11) is 0. The van der Waals surface area contributed by atoms with Gasteiger partial charge in [-0.3, -0.25) is 4.79 Å². The number of aliphatic carboxylic acids is 1. The second kappa shape index (κ2) is 6.36. The second-order valence-electron chi connectivity index (χ2n) is 5.93. The van der Waals surface area contributed by atoms with Crippen molar-refractivity contribution in [2.75, 3.05) is 11.9 Å². The minimum Gasteiger partial charge on any atom is -0.481 e. The van der Waals surface area contributed by atoms with Crippen LogP contribution in [0, 0.1) is 22.7 Å². The molecular formula is C16H19ClN2O2. The second-order valence-corrected chi connectivity index (χ2v) is 6.34. The van der Waals surface area contributed by atoms with E-state index in [1.54, 1.807) is 18.2 Å². The van der Waals surface area contributed by atoms with Crippen molar-refractivity contribution in [3.8, 4) is 6.07 Å². The third-order valence-electron chi connectivity index (χ3n) is 4.40. The summed E-state index contributed by atoms with van der Waals surface area (Å²) in [6.45, 7) is 2.53. The third kappa shape index (κ3) is 3.48. The number of carboxylic acids is 1. The highest BCUT2D eigenvalue weighted by Crippen LogP contribution is 2.39. The van der Waals surface area contributed by atoms with Crippen LogP contribution in [0.25, 0.3) is 0 Å². The zero-order valence-corrected chi connectivity index (χ0v) is 12.8. The highest BCUT2D eigenvalue weighted by atomic mass is 35.5. The van der Waals surface area contributed by atoms with Gasteiger partial charge in [0.05, 0.1) is 27.8 Å². The van der Waals surface area contributed by atoms with Crippen LogP contribution in [0.1, 0.15) is 38.2 Å². The number of anilines is 1. The summed E-state index contributed by atoms with van der Waals surface area (Å²) in [6.07, 6.45) is 3.25. The first kappa shape index (κ1) is 15.7. The van der Waals surface area contributed by atoms with E-state index in [1.165, 1.54) is 0 Å². The predicted molar refractivity (Wildman–Crippen MR) is 82.4 cm³/mol. The summed E-state index contributed by atoms with van der Waals surface area (Å²) in [5, 5.41) is 22.0. The number of halogens is 1. The van der Waals surface area contributed by atoms with E-state index in [9.17, 15) is 9.90 Å². The Morgan fingerprint density at radius 1 is 1.52 bits per heavy atom. The fourth-order valence-electron chi connectivity index (χ4n) is 2.77. The van der Waals surface area contributed by atoms with E-state index in [1.807, 2.05) is 6.07 Å². The van der Waals surface area contributed by atoms with E-state index in [2.05, 4.69) is 12.2 Å². The van der Waals surface area contributed by atoms with Gasteiger partial charge in [0.15, 0.2) is 0 Å². The maximum absolute atomic E-state index is 11.7. The molecule has 1 aromatic rings. The van der Waals surface area contributed by atoms with E-state index in [0.29, 0.717) is 41.6 Å². The van der Waals surface area contributed by atoms with Gasteiger partial charge in [-0.05, 0) is 49.8 Å². The van der Waals surface area contributed by atoms with Crippen LogP contribution >= 0.6 is 11.6 Å². The van der Waals surface area contributed by atoms with Crippen LogP contribution in [-0.2, 0) is 4.79 Å². The maximum atomic E-state index is 11.7. The Kier molecular flexibility index (Phi) is 4.74. The normalized spacial score (nSPS) is 25.1. The Morgan fingerprint density at radius 3 is 2.71 bits per heavy atom. The Bertz CT molecular complexity index is 572. The molecule has 2 rings (SSSR count). The van der Waals surface area contributed by atoms with E-state index in [4.69, 9.17) is 16.9 Å². The Labute approximate surface area is 129 Å². The van der Waals surface area contributed by atoms with Gasteiger partial charge in [0.2, 0.25) is 0 Å². The van der Waals surface area contributed by atoms with Gasteiger partial charge in [-0.1, -0.05) is 18.5 Å². The average Bonchev–Trinajstić information content (AvgIpc) is 2.47. The molecule has 1 fully saturated rings. The van der Waals surface area contributed by atoms with Crippen molar-refractivity contribution in [2.45, 2.75) is 32.6 Å². The molecule has 0 amide bonds. The lowest BCUT2D eigenvalue weighted by atomic mass is 9.71. The molecule has 0 unspecified atom stereocenters. The molecule has 1 aliphatic carbocycles. The summed E-state index contributed by atoms with van der Waals surface area (Å²) in [5.41, 5.74) is 0.448. The van der Waals surface area contributed by atoms with Crippen LogP contribution in [0.15, 0.2) is 18.2 Å². The van der Waals surface area contributed by atoms with Crippen molar-refractivity contribution in [3.63, 3.8) is 0 Å². The number of nitrogens with zero attached hydrogens (tertiary/aromatic N) is 1. The molecule has 0 aliphatic heterocycles. The van der Waals surface area contributed by atoms with Crippen LogP contribution in [0.5, 0.6) is 0 Å². The summed E-state index contributed by atoms with van der Waals surface area (Å²) in [6, 6.07) is 7.00. The molecule has 2 N–H and O–H groups in total. The zero-order chi connectivity index (χ0) is 15.5. The Morgan fingerprint density at radius 2 is 2.19 bits per heavy atom. The summed E-state index contributed by atoms with van der Waals surface area (Å²) in [4.78, 5) is 11.7. The first-order chi connectivity index (χ1) is 9.97. The monoisotopic (exact) mass is 306 g/mol. The molecule has 5 heteroatoms. The molecular weight excluding hydrogens is 288 g/mol. The van der Waals surface area contributed by atoms with E-state index >= 15 is 0 Å². The van der Waals surface area contributed by atoms with Crippen molar-refractivity contribution in [1.29, 1.82) is 5.26 Å². The van der Waals surface area contributed by atoms with Gasteiger partial charge < -0.3 is 10.4 Å². The minimum atomic E-state index is -0.744. The summed E-state index contributed by atoms with van der Waals surface area (Å²) < 4.78 is 0. The summed E-state index contributed by atoms with van der Waals surface area (Å²) >= 11 is 6.11. The molecule has 0 atom stereocenters. The fourth-order valence-corrected chi connectivity index (χ4v) is 3.02. The van der Waals surface area contributed by atoms with Gasteiger partial charge in [-0.25, -0.2) is 0 Å². The number of benzene rings is 1. The van der Waals surface area contributed by atoms with Gasteiger partial charge in [0, 0.05) is 6.54 Å². The molecule has 0 radical (unpaired) electrons. The predicted octanol–water partition coefficient (Wildman–Crippen LogP) is 3.90. The van der Waals surface area contributed by atoms with Crippen LogP contribution in [0.2, 0.25) is 5.02 Å². The fraction of sp³-hybridized carbons (Fsp3) is 0.500. The average molecular weight is 307 g/mol. The van der Waals surface area contributed by atoms with Crippen LogP contribution in [-0.4, -0.2) is 17.6 Å². The molecule has 0 saturated heterocycles. The number of nitriles is 1. The largest absolute Gasteiger partial charge is 0.481 e. The molecule has 1 aliphatic rings. The van der Waals surface area contributed by atoms with Gasteiger partial charge in [0.1, 0.15) is 0 Å². The molecule has 4 nitrogen and oxygen atoms in total. The SMILES string of the molecule is CC1CCC(CNc2ccc(C#N)cc2Cl)(C(=O)O)CC1. The molecule has 0 spiro atoms. The molecule has 112 valence electrons. The van der Waals surface area contributed by atoms with Crippen LogP contribution in [0.3, 0.4) is 0 Å². The number of carbonyl (C=O) groups is 1. The van der Waals surface area contributed by atoms with Crippen molar-refractivity contribution in [2.24, 2.45) is 11.3 Å². The molecule has 0 heterocycles. The number of rotatable bonds is 4. The van der Waals surface area contributed by atoms with Gasteiger partial charge in [0.25, 0.3) is 0 Å². The highest BCUT2D eigenvalue weighted by Gasteiger charge is 2.41. The topological polar surface area (TPSA) is 73.1 Å². The number of nitrogens with one attached hydrogen (secondary N) is 1. The van der Waals surface area contributed by atoms with Gasteiger partial charge in [-0.15, -0.1) is 0 Å². The lowest BCUT2D eigenvalue weighted by molar-refractivity contribution is -0.150. The highest BCUT2D eigenvalue weighted by molar-refractivity contribution is 6.33. The lowest BCUT2D eigenvalue weighted by Gasteiger charge is -2.36. The number of hydrogen-bond donors (Lipinski definition) is 2. The molecule has 21 heavy (non-hydrogen) atoms. The third-order valence-corrected chi connectivity index (χ3v) is 4.71. The van der Waals surface area contributed by atoms with Gasteiger partial charge >= 0.3 is 5.97 Å². The molecule has 1 aromatic carbocycles. The number of hydrogen-bond acceptors (Lipinski definition) is 3.